The van der Waals surface area contributed by atoms with E-state index in [1.807, 2.05) is 48.5 Å². The minimum absolute atomic E-state index is 0.0826. The van der Waals surface area contributed by atoms with Gasteiger partial charge in [0.2, 0.25) is 0 Å². The topological polar surface area (TPSA) is 104 Å². The maximum Gasteiger partial charge on any atom is 0.323 e. The summed E-state index contributed by atoms with van der Waals surface area (Å²) < 4.78 is 0. The molecule has 3 rings (SSSR count). The Hall–Kier alpha value is -3.52. The molecule has 0 aromatic heterocycles. The number of nitro benzene ring substituents is 1. The lowest BCUT2D eigenvalue weighted by Crippen LogP contribution is -2.20. The molecule has 0 unspecified atom stereocenters. The van der Waals surface area contributed by atoms with Crippen LogP contribution in [-0.4, -0.2) is 16.1 Å². The number of carbonyl (C=O) groups is 1. The van der Waals surface area contributed by atoms with Crippen molar-refractivity contribution in [1.82, 2.24) is 0 Å². The molecular weight excluding hydrogens is 378 g/mol. The molecule has 142 valence electrons. The van der Waals surface area contributed by atoms with E-state index in [0.717, 1.165) is 16.5 Å². The molecule has 0 aliphatic rings. The summed E-state index contributed by atoms with van der Waals surface area (Å²) in [5.74, 6) is 0.292. The fraction of sp³-hybridized carbons (Fsp3) is 0.0500. The first kappa shape index (κ1) is 19.2. The van der Waals surface area contributed by atoms with Crippen molar-refractivity contribution in [2.45, 2.75) is 10.6 Å². The van der Waals surface area contributed by atoms with Gasteiger partial charge in [-0.05, 0) is 29.8 Å². The van der Waals surface area contributed by atoms with E-state index in [-0.39, 0.29) is 17.1 Å². The second kappa shape index (κ2) is 8.92. The normalized spacial score (nSPS) is 10.3. The lowest BCUT2D eigenvalue weighted by Gasteiger charge is -2.12. The van der Waals surface area contributed by atoms with Crippen LogP contribution in [0.2, 0.25) is 0 Å². The molecule has 0 heterocycles. The molecule has 0 saturated heterocycles. The van der Waals surface area contributed by atoms with Crippen LogP contribution in [0.1, 0.15) is 5.56 Å². The number of anilines is 2. The average Bonchev–Trinajstić information content (AvgIpc) is 2.69. The van der Waals surface area contributed by atoms with Crippen LogP contribution >= 0.6 is 11.8 Å². The average molecular weight is 395 g/mol. The number of hydrogen-bond acceptors (Lipinski definition) is 5. The first-order chi connectivity index (χ1) is 13.5. The molecule has 7 nitrogen and oxygen atoms in total. The molecule has 0 saturated carbocycles. The number of amides is 2. The Kier molecular flexibility index (Phi) is 6.13. The number of hydrogen-bond donors (Lipinski definition) is 3. The fourth-order valence-corrected chi connectivity index (χ4v) is 3.38. The van der Waals surface area contributed by atoms with Gasteiger partial charge in [-0.15, -0.1) is 11.8 Å². The number of phenolic OH excluding ortho intramolecular Hbond substituents is 1. The Morgan fingerprint density at radius 3 is 2.36 bits per heavy atom. The second-order valence-corrected chi connectivity index (χ2v) is 6.85. The molecule has 0 atom stereocenters. The lowest BCUT2D eigenvalue weighted by atomic mass is 10.2. The Morgan fingerprint density at radius 2 is 1.64 bits per heavy atom. The Labute approximate surface area is 165 Å². The third-order valence-corrected chi connectivity index (χ3v) is 4.90. The molecule has 0 aliphatic carbocycles. The van der Waals surface area contributed by atoms with Gasteiger partial charge in [0.25, 0.3) is 5.69 Å². The zero-order chi connectivity index (χ0) is 19.9. The zero-order valence-electron chi connectivity index (χ0n) is 14.7. The minimum atomic E-state index is -0.621. The first-order valence-corrected chi connectivity index (χ1v) is 9.32. The molecule has 0 fully saturated rings. The lowest BCUT2D eigenvalue weighted by molar-refractivity contribution is -0.384. The van der Waals surface area contributed by atoms with Crippen LogP contribution in [0.3, 0.4) is 0 Å². The van der Waals surface area contributed by atoms with Gasteiger partial charge in [0.05, 0.1) is 16.7 Å². The summed E-state index contributed by atoms with van der Waals surface area (Å²) in [6.45, 7) is 0. The number of para-hydroxylation sites is 1. The van der Waals surface area contributed by atoms with E-state index in [0.29, 0.717) is 11.4 Å². The number of aromatic hydroxyl groups is 1. The van der Waals surface area contributed by atoms with Gasteiger partial charge in [0.15, 0.2) is 0 Å². The van der Waals surface area contributed by atoms with Crippen molar-refractivity contribution in [3.63, 3.8) is 0 Å². The Balaban J connectivity index is 1.66. The highest BCUT2D eigenvalue weighted by Gasteiger charge is 2.13. The van der Waals surface area contributed by atoms with E-state index in [2.05, 4.69) is 10.6 Å². The molecule has 0 aliphatic heterocycles. The maximum absolute atomic E-state index is 12.3. The van der Waals surface area contributed by atoms with Crippen LogP contribution in [0, 0.1) is 10.1 Å². The SMILES string of the molecule is O=C(Nc1ccc([N+](=O)[O-])cc1O)Nc1ccccc1CSc1ccccc1. The van der Waals surface area contributed by atoms with Crippen molar-refractivity contribution in [2.75, 3.05) is 10.6 Å². The van der Waals surface area contributed by atoms with Gasteiger partial charge in [-0.3, -0.25) is 10.1 Å². The van der Waals surface area contributed by atoms with Gasteiger partial charge >= 0.3 is 6.03 Å². The van der Waals surface area contributed by atoms with Gasteiger partial charge in [0, 0.05) is 22.4 Å². The number of nitrogens with one attached hydrogen (secondary N) is 2. The first-order valence-electron chi connectivity index (χ1n) is 8.34. The highest BCUT2D eigenvalue weighted by molar-refractivity contribution is 7.98. The molecule has 0 bridgehead atoms. The summed E-state index contributed by atoms with van der Waals surface area (Å²) >= 11 is 1.65. The van der Waals surface area contributed by atoms with Gasteiger partial charge in [-0.1, -0.05) is 36.4 Å². The van der Waals surface area contributed by atoms with Crippen LogP contribution in [0.25, 0.3) is 0 Å². The number of non-ortho nitro benzene ring substituents is 1. The monoisotopic (exact) mass is 395 g/mol. The summed E-state index contributed by atoms with van der Waals surface area (Å²) in [6.07, 6.45) is 0. The van der Waals surface area contributed by atoms with Crippen LogP contribution in [0.15, 0.2) is 77.7 Å². The predicted octanol–water partition coefficient (Wildman–Crippen LogP) is 5.24. The fourth-order valence-electron chi connectivity index (χ4n) is 2.46. The predicted molar refractivity (Wildman–Crippen MR) is 110 cm³/mol. The zero-order valence-corrected chi connectivity index (χ0v) is 15.5. The number of phenols is 1. The third kappa shape index (κ3) is 5.01. The molecule has 3 aromatic carbocycles. The molecule has 0 radical (unpaired) electrons. The number of nitro groups is 1. The van der Waals surface area contributed by atoms with Gasteiger partial charge in [0.1, 0.15) is 5.75 Å². The van der Waals surface area contributed by atoms with E-state index in [4.69, 9.17) is 0 Å². The summed E-state index contributed by atoms with van der Waals surface area (Å²) in [5, 5.41) is 25.8. The van der Waals surface area contributed by atoms with Crippen molar-refractivity contribution in [1.29, 1.82) is 0 Å². The summed E-state index contributed by atoms with van der Waals surface area (Å²) in [7, 11) is 0. The summed E-state index contributed by atoms with van der Waals surface area (Å²) in [5.41, 5.74) is 1.41. The van der Waals surface area contributed by atoms with Gasteiger partial charge in [-0.25, -0.2) is 4.79 Å². The van der Waals surface area contributed by atoms with Crippen molar-refractivity contribution in [2.24, 2.45) is 0 Å². The number of benzene rings is 3. The Morgan fingerprint density at radius 1 is 0.964 bits per heavy atom. The van der Waals surface area contributed by atoms with Crippen LogP contribution in [-0.2, 0) is 5.75 Å². The largest absolute Gasteiger partial charge is 0.506 e. The summed E-state index contributed by atoms with van der Waals surface area (Å²) in [4.78, 5) is 23.5. The highest BCUT2D eigenvalue weighted by Crippen LogP contribution is 2.29. The number of urea groups is 1. The van der Waals surface area contributed by atoms with E-state index >= 15 is 0 Å². The van der Waals surface area contributed by atoms with Crippen LogP contribution < -0.4 is 10.6 Å². The van der Waals surface area contributed by atoms with E-state index in [1.165, 1.54) is 12.1 Å². The molecule has 3 aromatic rings. The number of thioether (sulfide) groups is 1. The maximum atomic E-state index is 12.3. The molecule has 0 spiro atoms. The van der Waals surface area contributed by atoms with Crippen molar-refractivity contribution >= 4 is 34.9 Å². The Bertz CT molecular complexity index is 996. The van der Waals surface area contributed by atoms with Crippen LogP contribution in [0.4, 0.5) is 21.9 Å². The third-order valence-electron chi connectivity index (χ3n) is 3.84. The molecular formula is C20H17N3O4S. The van der Waals surface area contributed by atoms with E-state index in [9.17, 15) is 20.0 Å². The van der Waals surface area contributed by atoms with Gasteiger partial charge in [-0.2, -0.15) is 0 Å². The quantitative estimate of drug-likeness (QED) is 0.229. The van der Waals surface area contributed by atoms with Crippen molar-refractivity contribution in [3.05, 3.63) is 88.5 Å². The number of rotatable bonds is 6. The number of nitrogens with zero attached hydrogens (tertiary/aromatic N) is 1. The van der Waals surface area contributed by atoms with Gasteiger partial charge < -0.3 is 15.7 Å². The van der Waals surface area contributed by atoms with Crippen molar-refractivity contribution in [3.8, 4) is 5.75 Å². The van der Waals surface area contributed by atoms with E-state index < -0.39 is 11.0 Å². The molecule has 2 amide bonds. The van der Waals surface area contributed by atoms with Crippen LogP contribution in [0.5, 0.6) is 5.75 Å². The standard InChI is InChI=1S/C20H17N3O4S/c24-19-12-15(23(26)27)10-11-18(19)22-20(25)21-17-9-5-4-6-14(17)13-28-16-7-2-1-3-8-16/h1-12,24H,13H2,(H2,21,22,25). The molecule has 28 heavy (non-hydrogen) atoms. The summed E-state index contributed by atoms with van der Waals surface area (Å²) in [6, 6.07) is 20.3. The minimum Gasteiger partial charge on any atom is -0.506 e. The smallest absolute Gasteiger partial charge is 0.323 e. The molecule has 8 heteroatoms. The second-order valence-electron chi connectivity index (χ2n) is 5.80. The molecule has 3 N–H and O–H groups in total. The van der Waals surface area contributed by atoms with Crippen molar-refractivity contribution < 1.29 is 14.8 Å². The highest BCUT2D eigenvalue weighted by atomic mass is 32.2. The van der Waals surface area contributed by atoms with E-state index in [1.54, 1.807) is 17.8 Å². The number of carbonyl (C=O) groups excluding carboxylic acids is 1.